The SMILES string of the molecule is COC(=O)Cc1cccc(OC)c1COc1ccc(F)cc1C(F)F. The van der Waals surface area contributed by atoms with Gasteiger partial charge in [0.15, 0.2) is 0 Å². The Labute approximate surface area is 143 Å². The van der Waals surface area contributed by atoms with E-state index in [-0.39, 0.29) is 18.8 Å². The highest BCUT2D eigenvalue weighted by Gasteiger charge is 2.18. The second-order valence-electron chi connectivity index (χ2n) is 5.12. The number of esters is 1. The number of rotatable bonds is 7. The molecule has 25 heavy (non-hydrogen) atoms. The Balaban J connectivity index is 2.30. The summed E-state index contributed by atoms with van der Waals surface area (Å²) in [6, 6.07) is 7.97. The lowest BCUT2D eigenvalue weighted by Gasteiger charge is -2.16. The number of hydrogen-bond donors (Lipinski definition) is 0. The normalized spacial score (nSPS) is 10.6. The van der Waals surface area contributed by atoms with Crippen LogP contribution in [0, 0.1) is 5.82 Å². The van der Waals surface area contributed by atoms with E-state index in [0.717, 1.165) is 18.2 Å². The van der Waals surface area contributed by atoms with Crippen LogP contribution in [-0.4, -0.2) is 20.2 Å². The van der Waals surface area contributed by atoms with Crippen molar-refractivity contribution in [2.24, 2.45) is 0 Å². The summed E-state index contributed by atoms with van der Waals surface area (Å²) >= 11 is 0. The van der Waals surface area contributed by atoms with Crippen LogP contribution >= 0.6 is 0 Å². The number of benzene rings is 2. The molecule has 0 atom stereocenters. The fourth-order valence-electron chi connectivity index (χ4n) is 2.33. The van der Waals surface area contributed by atoms with Crippen LogP contribution in [0.25, 0.3) is 0 Å². The molecule has 0 fully saturated rings. The van der Waals surface area contributed by atoms with Crippen LogP contribution in [-0.2, 0) is 22.6 Å². The molecular weight excluding hydrogens is 337 g/mol. The average molecular weight is 354 g/mol. The average Bonchev–Trinajstić information content (AvgIpc) is 2.60. The third-order valence-corrected chi connectivity index (χ3v) is 3.59. The predicted octanol–water partition coefficient (Wildman–Crippen LogP) is 4.07. The first kappa shape index (κ1) is 18.6. The summed E-state index contributed by atoms with van der Waals surface area (Å²) in [5.41, 5.74) is 0.580. The van der Waals surface area contributed by atoms with Crippen molar-refractivity contribution in [3.8, 4) is 11.5 Å². The molecule has 0 saturated carbocycles. The maximum absolute atomic E-state index is 13.2. The second-order valence-corrected chi connectivity index (χ2v) is 5.12. The van der Waals surface area contributed by atoms with Gasteiger partial charge in [-0.05, 0) is 29.8 Å². The molecule has 4 nitrogen and oxygen atoms in total. The van der Waals surface area contributed by atoms with E-state index in [0.29, 0.717) is 16.9 Å². The van der Waals surface area contributed by atoms with E-state index in [1.54, 1.807) is 18.2 Å². The van der Waals surface area contributed by atoms with Crippen molar-refractivity contribution in [3.63, 3.8) is 0 Å². The molecule has 2 aromatic rings. The molecule has 0 N–H and O–H groups in total. The summed E-state index contributed by atoms with van der Waals surface area (Å²) in [5.74, 6) is -0.913. The zero-order valence-electron chi connectivity index (χ0n) is 13.7. The summed E-state index contributed by atoms with van der Waals surface area (Å²) < 4.78 is 54.6. The van der Waals surface area contributed by atoms with Gasteiger partial charge in [-0.15, -0.1) is 0 Å². The van der Waals surface area contributed by atoms with Gasteiger partial charge in [-0.2, -0.15) is 0 Å². The van der Waals surface area contributed by atoms with Crippen LogP contribution in [0.5, 0.6) is 11.5 Å². The zero-order chi connectivity index (χ0) is 18.4. The number of halogens is 3. The van der Waals surface area contributed by atoms with Gasteiger partial charge in [0.25, 0.3) is 6.43 Å². The minimum atomic E-state index is -2.88. The highest BCUT2D eigenvalue weighted by molar-refractivity contribution is 5.73. The van der Waals surface area contributed by atoms with Crippen LogP contribution in [0.3, 0.4) is 0 Å². The van der Waals surface area contributed by atoms with E-state index in [4.69, 9.17) is 9.47 Å². The molecular formula is C18H17F3O4. The van der Waals surface area contributed by atoms with Gasteiger partial charge < -0.3 is 14.2 Å². The van der Waals surface area contributed by atoms with Crippen molar-refractivity contribution >= 4 is 5.97 Å². The highest BCUT2D eigenvalue weighted by atomic mass is 19.3. The molecule has 0 aliphatic heterocycles. The molecule has 0 heterocycles. The van der Waals surface area contributed by atoms with Crippen molar-refractivity contribution in [1.29, 1.82) is 0 Å². The molecule has 0 saturated heterocycles. The number of methoxy groups -OCH3 is 2. The maximum atomic E-state index is 13.2. The van der Waals surface area contributed by atoms with Gasteiger partial charge in [-0.1, -0.05) is 12.1 Å². The second kappa shape index (κ2) is 8.41. The molecule has 2 rings (SSSR count). The van der Waals surface area contributed by atoms with Gasteiger partial charge in [0.05, 0.1) is 26.2 Å². The summed E-state index contributed by atoms with van der Waals surface area (Å²) in [6.45, 7) is -0.123. The molecule has 0 spiro atoms. The van der Waals surface area contributed by atoms with Crippen LogP contribution in [0.4, 0.5) is 13.2 Å². The number of ether oxygens (including phenoxy) is 3. The Morgan fingerprint density at radius 1 is 1.12 bits per heavy atom. The number of alkyl halides is 2. The minimum absolute atomic E-state index is 0.0164. The lowest BCUT2D eigenvalue weighted by Crippen LogP contribution is -2.10. The van der Waals surface area contributed by atoms with Gasteiger partial charge in [0.1, 0.15) is 23.9 Å². The smallest absolute Gasteiger partial charge is 0.309 e. The molecule has 0 aliphatic carbocycles. The quantitative estimate of drug-likeness (QED) is 0.703. The predicted molar refractivity (Wildman–Crippen MR) is 84.4 cm³/mol. The Hall–Kier alpha value is -2.70. The van der Waals surface area contributed by atoms with Crippen molar-refractivity contribution in [2.45, 2.75) is 19.5 Å². The van der Waals surface area contributed by atoms with Gasteiger partial charge in [-0.25, -0.2) is 13.2 Å². The molecule has 134 valence electrons. The van der Waals surface area contributed by atoms with Crippen molar-refractivity contribution in [1.82, 2.24) is 0 Å². The van der Waals surface area contributed by atoms with Gasteiger partial charge >= 0.3 is 5.97 Å². The molecule has 0 radical (unpaired) electrons. The molecule has 7 heteroatoms. The van der Waals surface area contributed by atoms with Crippen molar-refractivity contribution in [2.75, 3.05) is 14.2 Å². The largest absolute Gasteiger partial charge is 0.496 e. The van der Waals surface area contributed by atoms with Crippen LogP contribution in [0.2, 0.25) is 0 Å². The Morgan fingerprint density at radius 2 is 1.88 bits per heavy atom. The third-order valence-electron chi connectivity index (χ3n) is 3.59. The minimum Gasteiger partial charge on any atom is -0.496 e. The van der Waals surface area contributed by atoms with Crippen molar-refractivity contribution < 1.29 is 32.2 Å². The van der Waals surface area contributed by atoms with Gasteiger partial charge in [0.2, 0.25) is 0 Å². The maximum Gasteiger partial charge on any atom is 0.309 e. The number of hydrogen-bond acceptors (Lipinski definition) is 4. The monoisotopic (exact) mass is 354 g/mol. The summed E-state index contributed by atoms with van der Waals surface area (Å²) in [7, 11) is 2.72. The highest BCUT2D eigenvalue weighted by Crippen LogP contribution is 2.31. The van der Waals surface area contributed by atoms with Crippen LogP contribution in [0.1, 0.15) is 23.1 Å². The molecule has 0 bridgehead atoms. The first-order chi connectivity index (χ1) is 12.0. The van der Waals surface area contributed by atoms with Gasteiger partial charge in [0, 0.05) is 5.56 Å². The van der Waals surface area contributed by atoms with E-state index >= 15 is 0 Å². The van der Waals surface area contributed by atoms with Crippen LogP contribution < -0.4 is 9.47 Å². The number of carbonyl (C=O) groups is 1. The van der Waals surface area contributed by atoms with Crippen LogP contribution in [0.15, 0.2) is 36.4 Å². The molecule has 0 amide bonds. The lowest BCUT2D eigenvalue weighted by atomic mass is 10.0. The third kappa shape index (κ3) is 4.65. The lowest BCUT2D eigenvalue weighted by molar-refractivity contribution is -0.139. The first-order valence-corrected chi connectivity index (χ1v) is 7.38. The topological polar surface area (TPSA) is 44.8 Å². The summed E-state index contributed by atoms with van der Waals surface area (Å²) in [5, 5.41) is 0. The molecule has 0 aliphatic rings. The van der Waals surface area contributed by atoms with E-state index in [2.05, 4.69) is 4.74 Å². The molecule has 0 unspecified atom stereocenters. The summed E-state index contributed by atoms with van der Waals surface area (Å²) in [4.78, 5) is 11.5. The molecule has 2 aromatic carbocycles. The Morgan fingerprint density at radius 3 is 2.52 bits per heavy atom. The fraction of sp³-hybridized carbons (Fsp3) is 0.278. The van der Waals surface area contributed by atoms with Crippen molar-refractivity contribution in [3.05, 3.63) is 58.9 Å². The Kier molecular flexibility index (Phi) is 6.27. The first-order valence-electron chi connectivity index (χ1n) is 7.38. The number of carbonyl (C=O) groups excluding carboxylic acids is 1. The summed E-state index contributed by atoms with van der Waals surface area (Å²) in [6.07, 6.45) is -2.89. The zero-order valence-corrected chi connectivity index (χ0v) is 13.7. The standard InChI is InChI=1S/C18H17F3O4/c1-23-15-5-3-4-11(8-17(22)24-2)14(15)10-25-16-7-6-12(19)9-13(16)18(20)21/h3-7,9,18H,8,10H2,1-2H3. The molecule has 0 aromatic heterocycles. The fourth-order valence-corrected chi connectivity index (χ4v) is 2.33. The Bertz CT molecular complexity index is 747. The van der Waals surface area contributed by atoms with Gasteiger partial charge in [-0.3, -0.25) is 4.79 Å². The van der Waals surface area contributed by atoms with E-state index in [9.17, 15) is 18.0 Å². The van der Waals surface area contributed by atoms with E-state index < -0.39 is 23.8 Å². The van der Waals surface area contributed by atoms with E-state index in [1.807, 2.05) is 0 Å². The van der Waals surface area contributed by atoms with E-state index in [1.165, 1.54) is 14.2 Å².